The lowest BCUT2D eigenvalue weighted by Crippen LogP contribution is -2.46. The Kier molecular flexibility index (Phi) is 6.41. The van der Waals surface area contributed by atoms with Crippen molar-refractivity contribution in [3.63, 3.8) is 0 Å². The second-order valence-electron chi connectivity index (χ2n) is 10.8. The van der Waals surface area contributed by atoms with E-state index in [1.54, 1.807) is 6.20 Å². The van der Waals surface area contributed by atoms with Gasteiger partial charge in [0.2, 0.25) is 5.91 Å². The van der Waals surface area contributed by atoms with E-state index in [-0.39, 0.29) is 24.2 Å². The summed E-state index contributed by atoms with van der Waals surface area (Å²) in [5.41, 5.74) is 5.29. The monoisotopic (exact) mass is 513 g/mol. The minimum atomic E-state index is -0.0424. The van der Waals surface area contributed by atoms with Gasteiger partial charge in [0, 0.05) is 48.2 Å². The van der Waals surface area contributed by atoms with E-state index in [4.69, 9.17) is 9.72 Å². The third-order valence-electron chi connectivity index (χ3n) is 7.42. The van der Waals surface area contributed by atoms with Gasteiger partial charge in [-0.1, -0.05) is 18.7 Å². The molecule has 3 N–H and O–H groups in total. The number of morpholine rings is 1. The minimum absolute atomic E-state index is 0.0424. The lowest BCUT2D eigenvalue weighted by Gasteiger charge is -2.39. The standard InChI is InChI=1S/C29H35N7O2/c1-17-15-35(16-18(2)38-17)20(4)21-6-5-7-25(11-21)32-26-13-27(33-24-8-9-24)36-29(34-26)23(14-30-36)10-22-12-28(37)31-19(22)3/h5-7,10-11,13-14,17-18,20,24,33H,3,8-9,12,15-16H2,1-2,4H3,(H,31,37)(H,32,34)/b22-10+. The molecule has 0 spiro atoms. The number of allylic oxidation sites excluding steroid dienone is 1. The number of carbonyl (C=O) groups is 1. The highest BCUT2D eigenvalue weighted by Gasteiger charge is 2.27. The van der Waals surface area contributed by atoms with Crippen molar-refractivity contribution in [1.29, 1.82) is 0 Å². The Morgan fingerprint density at radius 1 is 1.21 bits per heavy atom. The van der Waals surface area contributed by atoms with Gasteiger partial charge in [-0.3, -0.25) is 9.69 Å². The smallest absolute Gasteiger partial charge is 0.228 e. The van der Waals surface area contributed by atoms with Gasteiger partial charge >= 0.3 is 0 Å². The molecular formula is C29H35N7O2. The molecule has 3 aromatic rings. The van der Waals surface area contributed by atoms with Crippen LogP contribution in [-0.2, 0) is 9.53 Å². The molecule has 3 unspecified atom stereocenters. The summed E-state index contributed by atoms with van der Waals surface area (Å²) in [7, 11) is 0. The molecule has 1 aliphatic carbocycles. The SMILES string of the molecule is C=C1NC(=O)C/C1=C\c1cnn2c(NC3CC3)cc(Nc3cccc(C(C)N4CC(C)OC(C)C4)c3)nc12. The van der Waals surface area contributed by atoms with Crippen LogP contribution in [0.3, 0.4) is 0 Å². The quantitative estimate of drug-likeness (QED) is 0.424. The predicted molar refractivity (Wildman–Crippen MR) is 149 cm³/mol. The minimum Gasteiger partial charge on any atom is -0.373 e. The average molecular weight is 514 g/mol. The van der Waals surface area contributed by atoms with E-state index in [9.17, 15) is 4.79 Å². The van der Waals surface area contributed by atoms with Crippen molar-refractivity contribution in [2.24, 2.45) is 0 Å². The predicted octanol–water partition coefficient (Wildman–Crippen LogP) is 4.63. The fourth-order valence-corrected chi connectivity index (χ4v) is 5.35. The van der Waals surface area contributed by atoms with Crippen molar-refractivity contribution in [1.82, 2.24) is 24.8 Å². The molecule has 1 saturated carbocycles. The molecule has 9 nitrogen and oxygen atoms in total. The molecule has 0 radical (unpaired) electrons. The Morgan fingerprint density at radius 3 is 2.71 bits per heavy atom. The van der Waals surface area contributed by atoms with E-state index in [2.05, 4.69) is 77.6 Å². The number of rotatable bonds is 7. The highest BCUT2D eigenvalue weighted by molar-refractivity contribution is 5.89. The zero-order valence-corrected chi connectivity index (χ0v) is 22.2. The summed E-state index contributed by atoms with van der Waals surface area (Å²) in [5.74, 6) is 1.59. The van der Waals surface area contributed by atoms with Gasteiger partial charge in [0.05, 0.1) is 24.8 Å². The summed E-state index contributed by atoms with van der Waals surface area (Å²) >= 11 is 0. The van der Waals surface area contributed by atoms with Crippen LogP contribution >= 0.6 is 0 Å². The molecular weight excluding hydrogens is 478 g/mol. The summed E-state index contributed by atoms with van der Waals surface area (Å²) in [5, 5.41) is 14.5. The van der Waals surface area contributed by atoms with Gasteiger partial charge in [0.25, 0.3) is 0 Å². The van der Waals surface area contributed by atoms with Crippen molar-refractivity contribution in [3.8, 4) is 0 Å². The molecule has 3 aliphatic rings. The number of nitrogens with one attached hydrogen (secondary N) is 3. The molecule has 3 atom stereocenters. The second kappa shape index (κ2) is 9.89. The van der Waals surface area contributed by atoms with Gasteiger partial charge in [-0.2, -0.15) is 9.61 Å². The molecule has 4 heterocycles. The van der Waals surface area contributed by atoms with E-state index in [0.29, 0.717) is 18.2 Å². The normalized spacial score (nSPS) is 24.1. The van der Waals surface area contributed by atoms with Crippen molar-refractivity contribution < 1.29 is 9.53 Å². The maximum absolute atomic E-state index is 11.8. The average Bonchev–Trinajstić information content (AvgIpc) is 3.51. The number of aromatic nitrogens is 3. The molecule has 0 bridgehead atoms. The summed E-state index contributed by atoms with van der Waals surface area (Å²) in [6.45, 7) is 12.3. The summed E-state index contributed by atoms with van der Waals surface area (Å²) in [4.78, 5) is 19.2. The van der Waals surface area contributed by atoms with Gasteiger partial charge in [-0.05, 0) is 63.0 Å². The number of nitrogens with zero attached hydrogens (tertiary/aromatic N) is 4. The highest BCUT2D eigenvalue weighted by atomic mass is 16.5. The number of anilines is 3. The Bertz CT molecular complexity index is 1410. The van der Waals surface area contributed by atoms with E-state index in [0.717, 1.165) is 60.0 Å². The molecule has 1 amide bonds. The van der Waals surface area contributed by atoms with Gasteiger partial charge < -0.3 is 20.7 Å². The molecule has 6 rings (SSSR count). The third kappa shape index (κ3) is 5.16. The van der Waals surface area contributed by atoms with Crippen molar-refractivity contribution >= 4 is 35.0 Å². The van der Waals surface area contributed by atoms with Crippen LogP contribution in [0.2, 0.25) is 0 Å². The number of ether oxygens (including phenoxy) is 1. The van der Waals surface area contributed by atoms with Crippen LogP contribution < -0.4 is 16.0 Å². The Hall–Kier alpha value is -3.69. The third-order valence-corrected chi connectivity index (χ3v) is 7.42. The maximum atomic E-state index is 11.8. The summed E-state index contributed by atoms with van der Waals surface area (Å²) < 4.78 is 7.77. The first kappa shape index (κ1) is 24.6. The van der Waals surface area contributed by atoms with Crippen LogP contribution in [-0.4, -0.2) is 56.7 Å². The number of carbonyl (C=O) groups excluding carboxylic acids is 1. The van der Waals surface area contributed by atoms with E-state index < -0.39 is 0 Å². The second-order valence-corrected chi connectivity index (χ2v) is 10.8. The molecule has 3 fully saturated rings. The Morgan fingerprint density at radius 2 is 2.00 bits per heavy atom. The zero-order chi connectivity index (χ0) is 26.4. The van der Waals surface area contributed by atoms with E-state index in [1.807, 2.05) is 16.7 Å². The van der Waals surface area contributed by atoms with Crippen LogP contribution in [0.15, 0.2) is 54.4 Å². The number of benzene rings is 1. The van der Waals surface area contributed by atoms with Crippen LogP contribution in [0, 0.1) is 0 Å². The van der Waals surface area contributed by atoms with E-state index in [1.165, 1.54) is 5.56 Å². The Balaban J connectivity index is 1.30. The first-order valence-corrected chi connectivity index (χ1v) is 13.4. The summed E-state index contributed by atoms with van der Waals surface area (Å²) in [6, 6.07) is 11.3. The fraction of sp³-hybridized carbons (Fsp3) is 0.414. The van der Waals surface area contributed by atoms with Crippen LogP contribution in [0.5, 0.6) is 0 Å². The van der Waals surface area contributed by atoms with Gasteiger partial charge in [-0.25, -0.2) is 4.98 Å². The molecule has 2 saturated heterocycles. The lowest BCUT2D eigenvalue weighted by molar-refractivity contribution is -0.118. The number of hydrogen-bond acceptors (Lipinski definition) is 7. The number of amides is 1. The van der Waals surface area contributed by atoms with Crippen LogP contribution in [0.25, 0.3) is 11.7 Å². The van der Waals surface area contributed by atoms with Gasteiger partial charge in [-0.15, -0.1) is 0 Å². The zero-order valence-electron chi connectivity index (χ0n) is 22.2. The number of fused-ring (bicyclic) bond motifs is 1. The number of hydrogen-bond donors (Lipinski definition) is 3. The molecule has 38 heavy (non-hydrogen) atoms. The largest absolute Gasteiger partial charge is 0.373 e. The van der Waals surface area contributed by atoms with E-state index >= 15 is 0 Å². The van der Waals surface area contributed by atoms with Crippen LogP contribution in [0.4, 0.5) is 17.3 Å². The van der Waals surface area contributed by atoms with Gasteiger partial charge in [0.1, 0.15) is 11.6 Å². The molecule has 1 aromatic carbocycles. The molecule has 2 aliphatic heterocycles. The Labute approximate surface area is 223 Å². The van der Waals surface area contributed by atoms with Gasteiger partial charge in [0.15, 0.2) is 5.65 Å². The molecule has 2 aromatic heterocycles. The fourth-order valence-electron chi connectivity index (χ4n) is 5.35. The van der Waals surface area contributed by atoms with Crippen molar-refractivity contribution in [2.45, 2.75) is 64.3 Å². The topological polar surface area (TPSA) is 95.8 Å². The van der Waals surface area contributed by atoms with Crippen molar-refractivity contribution in [2.75, 3.05) is 23.7 Å². The molecule has 9 heteroatoms. The maximum Gasteiger partial charge on any atom is 0.228 e. The highest BCUT2D eigenvalue weighted by Crippen LogP contribution is 2.31. The molecule has 198 valence electrons. The van der Waals surface area contributed by atoms with Crippen LogP contribution in [0.1, 0.15) is 57.2 Å². The lowest BCUT2D eigenvalue weighted by atomic mass is 10.0. The van der Waals surface area contributed by atoms with Crippen molar-refractivity contribution in [3.05, 3.63) is 65.5 Å². The first-order chi connectivity index (χ1) is 18.3. The summed E-state index contributed by atoms with van der Waals surface area (Å²) in [6.07, 6.45) is 6.81. The first-order valence-electron chi connectivity index (χ1n) is 13.4.